The molecule has 0 bridgehead atoms. The second kappa shape index (κ2) is 8.97. The van der Waals surface area contributed by atoms with Crippen LogP contribution in [0.5, 0.6) is 0 Å². The fourth-order valence-corrected chi connectivity index (χ4v) is 1.71. The number of urea groups is 1. The summed E-state index contributed by atoms with van der Waals surface area (Å²) in [5.74, 6) is 0.0352. The van der Waals surface area contributed by atoms with Crippen molar-refractivity contribution < 1.29 is 9.59 Å². The highest BCUT2D eigenvalue weighted by atomic mass is 16.2. The maximum absolute atomic E-state index is 11.6. The van der Waals surface area contributed by atoms with E-state index in [1.807, 2.05) is 31.3 Å². The lowest BCUT2D eigenvalue weighted by Crippen LogP contribution is -2.27. The van der Waals surface area contributed by atoms with Crippen molar-refractivity contribution in [2.24, 2.45) is 0 Å². The molecule has 0 aliphatic rings. The summed E-state index contributed by atoms with van der Waals surface area (Å²) < 4.78 is 0. The van der Waals surface area contributed by atoms with Gasteiger partial charge in [0.15, 0.2) is 0 Å². The Morgan fingerprint density at radius 1 is 1.24 bits per heavy atom. The summed E-state index contributed by atoms with van der Waals surface area (Å²) in [7, 11) is 5.24. The van der Waals surface area contributed by atoms with Crippen molar-refractivity contribution in [2.45, 2.75) is 19.4 Å². The Labute approximate surface area is 125 Å². The number of hydrogen-bond donors (Lipinski definition) is 3. The van der Waals surface area contributed by atoms with Gasteiger partial charge >= 0.3 is 6.03 Å². The van der Waals surface area contributed by atoms with Crippen LogP contribution in [0.3, 0.4) is 0 Å². The van der Waals surface area contributed by atoms with Gasteiger partial charge in [0, 0.05) is 32.7 Å². The maximum Gasteiger partial charge on any atom is 0.321 e. The predicted molar refractivity (Wildman–Crippen MR) is 84.2 cm³/mol. The van der Waals surface area contributed by atoms with E-state index in [0.717, 1.165) is 24.2 Å². The molecule has 0 atom stereocenters. The third-order valence-corrected chi connectivity index (χ3v) is 2.90. The Hall–Kier alpha value is -2.08. The second-order valence-corrected chi connectivity index (χ2v) is 5.01. The van der Waals surface area contributed by atoms with Crippen molar-refractivity contribution in [1.29, 1.82) is 0 Å². The van der Waals surface area contributed by atoms with Crippen LogP contribution < -0.4 is 16.0 Å². The smallest absolute Gasteiger partial charge is 0.321 e. The Bertz CT molecular complexity index is 474. The molecule has 0 unspecified atom stereocenters. The Morgan fingerprint density at radius 3 is 2.67 bits per heavy atom. The minimum atomic E-state index is -0.178. The quantitative estimate of drug-likeness (QED) is 0.665. The van der Waals surface area contributed by atoms with Crippen LogP contribution in [0.1, 0.15) is 18.4 Å². The van der Waals surface area contributed by atoms with Crippen molar-refractivity contribution in [3.8, 4) is 0 Å². The summed E-state index contributed by atoms with van der Waals surface area (Å²) in [6.45, 7) is 1.30. The van der Waals surface area contributed by atoms with Crippen molar-refractivity contribution in [3.05, 3.63) is 29.8 Å². The van der Waals surface area contributed by atoms with Crippen LogP contribution in [-0.4, -0.2) is 44.5 Å². The molecular weight excluding hydrogens is 268 g/mol. The van der Waals surface area contributed by atoms with Crippen molar-refractivity contribution >= 4 is 17.6 Å². The maximum atomic E-state index is 11.6. The fraction of sp³-hybridized carbons (Fsp3) is 0.467. The molecule has 1 aromatic carbocycles. The zero-order chi connectivity index (χ0) is 15.7. The van der Waals surface area contributed by atoms with Gasteiger partial charge in [-0.2, -0.15) is 0 Å². The van der Waals surface area contributed by atoms with E-state index in [1.165, 1.54) is 4.90 Å². The number of amides is 3. The minimum Gasteiger partial charge on any atom is -0.352 e. The van der Waals surface area contributed by atoms with Gasteiger partial charge < -0.3 is 20.9 Å². The molecule has 0 heterocycles. The van der Waals surface area contributed by atoms with Gasteiger partial charge in [0.1, 0.15) is 0 Å². The van der Waals surface area contributed by atoms with Crippen LogP contribution in [0.25, 0.3) is 0 Å². The van der Waals surface area contributed by atoms with Gasteiger partial charge in [0.2, 0.25) is 5.91 Å². The van der Waals surface area contributed by atoms with Gasteiger partial charge in [0.25, 0.3) is 0 Å². The van der Waals surface area contributed by atoms with E-state index >= 15 is 0 Å². The van der Waals surface area contributed by atoms with Gasteiger partial charge in [-0.3, -0.25) is 4.79 Å². The number of nitrogens with zero attached hydrogens (tertiary/aromatic N) is 1. The molecule has 0 saturated heterocycles. The number of carbonyl (C=O) groups excluding carboxylic acids is 2. The lowest BCUT2D eigenvalue weighted by molar-refractivity contribution is -0.121. The average Bonchev–Trinajstić information content (AvgIpc) is 2.45. The number of nitrogens with one attached hydrogen (secondary N) is 3. The van der Waals surface area contributed by atoms with Crippen LogP contribution in [0.15, 0.2) is 24.3 Å². The van der Waals surface area contributed by atoms with Crippen molar-refractivity contribution in [1.82, 2.24) is 15.5 Å². The van der Waals surface area contributed by atoms with Crippen LogP contribution in [0, 0.1) is 0 Å². The summed E-state index contributed by atoms with van der Waals surface area (Å²) in [5.41, 5.74) is 1.67. The van der Waals surface area contributed by atoms with E-state index in [9.17, 15) is 9.59 Å². The molecule has 0 spiro atoms. The standard InChI is InChI=1S/C15H24N4O2/c1-16-9-5-8-14(20)17-11-12-6-4-7-13(10-12)18-15(21)19(2)3/h4,6-7,10,16H,5,8-9,11H2,1-3H3,(H,17,20)(H,18,21). The molecule has 3 N–H and O–H groups in total. The van der Waals surface area contributed by atoms with E-state index < -0.39 is 0 Å². The van der Waals surface area contributed by atoms with Crippen LogP contribution in [-0.2, 0) is 11.3 Å². The molecule has 0 radical (unpaired) electrons. The summed E-state index contributed by atoms with van der Waals surface area (Å²) in [4.78, 5) is 24.7. The third-order valence-electron chi connectivity index (χ3n) is 2.90. The molecule has 21 heavy (non-hydrogen) atoms. The molecule has 1 rings (SSSR count). The SMILES string of the molecule is CNCCCC(=O)NCc1cccc(NC(=O)N(C)C)c1. The molecule has 0 aliphatic heterocycles. The van der Waals surface area contributed by atoms with E-state index in [-0.39, 0.29) is 11.9 Å². The molecule has 0 saturated carbocycles. The molecule has 6 nitrogen and oxygen atoms in total. The second-order valence-electron chi connectivity index (χ2n) is 5.01. The van der Waals surface area contributed by atoms with Gasteiger partial charge in [-0.15, -0.1) is 0 Å². The van der Waals surface area contributed by atoms with Crippen LogP contribution in [0.4, 0.5) is 10.5 Å². The minimum absolute atomic E-state index is 0.0352. The lowest BCUT2D eigenvalue weighted by atomic mass is 10.2. The lowest BCUT2D eigenvalue weighted by Gasteiger charge is -2.13. The van der Waals surface area contributed by atoms with E-state index in [4.69, 9.17) is 0 Å². The molecule has 0 aromatic heterocycles. The highest BCUT2D eigenvalue weighted by molar-refractivity contribution is 5.89. The average molecular weight is 292 g/mol. The molecular formula is C15H24N4O2. The van der Waals surface area contributed by atoms with E-state index in [0.29, 0.717) is 13.0 Å². The molecule has 3 amide bonds. The largest absolute Gasteiger partial charge is 0.352 e. The first-order valence-corrected chi connectivity index (χ1v) is 7.01. The molecule has 1 aromatic rings. The van der Waals surface area contributed by atoms with E-state index in [1.54, 1.807) is 14.1 Å². The number of hydrogen-bond acceptors (Lipinski definition) is 3. The third kappa shape index (κ3) is 6.76. The zero-order valence-corrected chi connectivity index (χ0v) is 12.9. The molecule has 6 heteroatoms. The van der Waals surface area contributed by atoms with E-state index in [2.05, 4.69) is 16.0 Å². The Morgan fingerprint density at radius 2 is 2.00 bits per heavy atom. The van der Waals surface area contributed by atoms with Crippen molar-refractivity contribution in [2.75, 3.05) is 33.0 Å². The molecule has 116 valence electrons. The molecule has 0 aliphatic carbocycles. The normalized spacial score (nSPS) is 10.0. The number of carbonyl (C=O) groups is 2. The van der Waals surface area contributed by atoms with Crippen LogP contribution in [0.2, 0.25) is 0 Å². The van der Waals surface area contributed by atoms with Gasteiger partial charge in [-0.25, -0.2) is 4.79 Å². The first kappa shape index (κ1) is 17.0. The molecule has 0 fully saturated rings. The number of benzene rings is 1. The van der Waals surface area contributed by atoms with Crippen LogP contribution >= 0.6 is 0 Å². The fourth-order valence-electron chi connectivity index (χ4n) is 1.71. The first-order valence-electron chi connectivity index (χ1n) is 7.01. The van der Waals surface area contributed by atoms with Gasteiger partial charge in [-0.1, -0.05) is 12.1 Å². The van der Waals surface area contributed by atoms with Gasteiger partial charge in [0.05, 0.1) is 0 Å². The highest BCUT2D eigenvalue weighted by Gasteiger charge is 2.05. The summed E-state index contributed by atoms with van der Waals surface area (Å²) >= 11 is 0. The summed E-state index contributed by atoms with van der Waals surface area (Å²) in [5, 5.41) is 8.66. The Balaban J connectivity index is 2.45. The summed E-state index contributed by atoms with van der Waals surface area (Å²) in [6.07, 6.45) is 1.33. The van der Waals surface area contributed by atoms with Gasteiger partial charge in [-0.05, 0) is 37.7 Å². The zero-order valence-electron chi connectivity index (χ0n) is 12.9. The highest BCUT2D eigenvalue weighted by Crippen LogP contribution is 2.11. The monoisotopic (exact) mass is 292 g/mol. The summed E-state index contributed by atoms with van der Waals surface area (Å²) in [6, 6.07) is 7.27. The first-order chi connectivity index (χ1) is 10.0. The Kier molecular flexibility index (Phi) is 7.25. The number of rotatable bonds is 7. The topological polar surface area (TPSA) is 73.5 Å². The predicted octanol–water partition coefficient (Wildman–Crippen LogP) is 1.40. The number of anilines is 1. The van der Waals surface area contributed by atoms with Crippen molar-refractivity contribution in [3.63, 3.8) is 0 Å².